The molecule has 0 saturated carbocycles. The number of carbonyl (C=O) groups is 1. The Morgan fingerprint density at radius 1 is 1.44 bits per heavy atom. The third kappa shape index (κ3) is 2.79. The highest BCUT2D eigenvalue weighted by Gasteiger charge is 2.33. The van der Waals surface area contributed by atoms with Crippen molar-refractivity contribution in [1.82, 2.24) is 0 Å². The number of carboxylic acids is 1. The topological polar surface area (TPSA) is 102 Å². The maximum atomic E-state index is 10.6. The molecule has 6 nitrogen and oxygen atoms in total. The van der Waals surface area contributed by atoms with E-state index in [4.69, 9.17) is 9.84 Å². The van der Waals surface area contributed by atoms with E-state index in [0.717, 1.165) is 0 Å². The van der Waals surface area contributed by atoms with E-state index in [2.05, 4.69) is 5.32 Å². The van der Waals surface area contributed by atoms with E-state index in [-0.39, 0.29) is 12.2 Å². The van der Waals surface area contributed by atoms with E-state index < -0.39 is 24.4 Å². The van der Waals surface area contributed by atoms with Crippen molar-refractivity contribution in [2.75, 3.05) is 11.9 Å². The molecule has 1 aromatic carbocycles. The minimum Gasteiger partial charge on any atom is -0.545 e. The molecule has 0 bridgehead atoms. The normalized spacial score (nSPS) is 27.1. The molecule has 18 heavy (non-hydrogen) atoms. The summed E-state index contributed by atoms with van der Waals surface area (Å²) < 4.78 is 5.36. The summed E-state index contributed by atoms with van der Waals surface area (Å²) in [5.74, 6) is -1.23. The maximum absolute atomic E-state index is 10.6. The number of ether oxygens (including phenoxy) is 1. The van der Waals surface area contributed by atoms with Crippen LogP contribution in [0, 0.1) is 0 Å². The average molecular weight is 252 g/mol. The van der Waals surface area contributed by atoms with E-state index in [9.17, 15) is 15.0 Å². The van der Waals surface area contributed by atoms with Gasteiger partial charge in [-0.15, -0.1) is 0 Å². The summed E-state index contributed by atoms with van der Waals surface area (Å²) in [6, 6.07) is 6.03. The molecule has 1 aliphatic heterocycles. The van der Waals surface area contributed by atoms with Crippen molar-refractivity contribution in [2.24, 2.45) is 0 Å². The number of carbonyl (C=O) groups excluding carboxylic acids is 1. The van der Waals surface area contributed by atoms with Gasteiger partial charge in [-0.2, -0.15) is 0 Å². The van der Waals surface area contributed by atoms with Crippen LogP contribution < -0.4 is 10.4 Å². The highest BCUT2D eigenvalue weighted by atomic mass is 16.5. The molecule has 2 rings (SSSR count). The fourth-order valence-electron chi connectivity index (χ4n) is 1.87. The summed E-state index contributed by atoms with van der Waals surface area (Å²) in [6.07, 6.45) is -1.31. The standard InChI is InChI=1S/C12H15NO5/c14-6-10-9(15)5-11(18-10)13-8-3-1-7(2-4-8)12(16)17/h1-4,9-11,13-15H,5-6H2,(H,16,17)/p-1/t9-,10+,11-/m1/s1. The lowest BCUT2D eigenvalue weighted by Gasteiger charge is -2.15. The van der Waals surface area contributed by atoms with E-state index in [0.29, 0.717) is 12.1 Å². The maximum Gasteiger partial charge on any atom is 0.130 e. The molecule has 3 atom stereocenters. The van der Waals surface area contributed by atoms with Crippen LogP contribution in [0.25, 0.3) is 0 Å². The number of benzene rings is 1. The van der Waals surface area contributed by atoms with Gasteiger partial charge >= 0.3 is 0 Å². The van der Waals surface area contributed by atoms with Gasteiger partial charge in [0.05, 0.1) is 18.7 Å². The second kappa shape index (κ2) is 5.34. The van der Waals surface area contributed by atoms with E-state index in [1.165, 1.54) is 12.1 Å². The fourth-order valence-corrected chi connectivity index (χ4v) is 1.87. The van der Waals surface area contributed by atoms with Crippen LogP contribution in [0.3, 0.4) is 0 Å². The summed E-state index contributed by atoms with van der Waals surface area (Å²) in [7, 11) is 0. The van der Waals surface area contributed by atoms with E-state index >= 15 is 0 Å². The van der Waals surface area contributed by atoms with Gasteiger partial charge in [0.15, 0.2) is 0 Å². The number of anilines is 1. The van der Waals surface area contributed by atoms with Crippen LogP contribution in [-0.2, 0) is 4.74 Å². The summed E-state index contributed by atoms with van der Waals surface area (Å²) in [5, 5.41) is 32.0. The third-order valence-corrected chi connectivity index (χ3v) is 2.85. The lowest BCUT2D eigenvalue weighted by atomic mass is 10.2. The van der Waals surface area contributed by atoms with Crippen molar-refractivity contribution in [3.05, 3.63) is 29.8 Å². The van der Waals surface area contributed by atoms with Crippen molar-refractivity contribution >= 4 is 11.7 Å². The Morgan fingerprint density at radius 2 is 2.11 bits per heavy atom. The Balaban J connectivity index is 1.96. The van der Waals surface area contributed by atoms with Gasteiger partial charge in [0, 0.05) is 12.1 Å². The van der Waals surface area contributed by atoms with Gasteiger partial charge in [-0.05, 0) is 17.7 Å². The molecule has 1 fully saturated rings. The first-order chi connectivity index (χ1) is 8.60. The van der Waals surface area contributed by atoms with Gasteiger partial charge in [-0.1, -0.05) is 12.1 Å². The molecular weight excluding hydrogens is 238 g/mol. The Bertz CT molecular complexity index is 419. The Kier molecular flexibility index (Phi) is 3.81. The number of aliphatic hydroxyl groups excluding tert-OH is 2. The van der Waals surface area contributed by atoms with Crippen molar-refractivity contribution in [2.45, 2.75) is 24.9 Å². The van der Waals surface area contributed by atoms with Crippen molar-refractivity contribution in [3.8, 4) is 0 Å². The number of aliphatic hydroxyl groups is 2. The Morgan fingerprint density at radius 3 is 2.61 bits per heavy atom. The highest BCUT2D eigenvalue weighted by Crippen LogP contribution is 2.22. The lowest BCUT2D eigenvalue weighted by Crippen LogP contribution is -2.25. The van der Waals surface area contributed by atoms with Crippen LogP contribution in [0.1, 0.15) is 16.8 Å². The van der Waals surface area contributed by atoms with Crippen LogP contribution in [0.2, 0.25) is 0 Å². The third-order valence-electron chi connectivity index (χ3n) is 2.85. The molecule has 0 aromatic heterocycles. The van der Waals surface area contributed by atoms with Crippen LogP contribution in [-0.4, -0.2) is 41.2 Å². The average Bonchev–Trinajstić information content (AvgIpc) is 2.70. The van der Waals surface area contributed by atoms with Crippen molar-refractivity contribution < 1.29 is 24.9 Å². The van der Waals surface area contributed by atoms with Gasteiger partial charge < -0.3 is 30.2 Å². The smallest absolute Gasteiger partial charge is 0.130 e. The summed E-state index contributed by atoms with van der Waals surface area (Å²) >= 11 is 0. The second-order valence-corrected chi connectivity index (χ2v) is 4.16. The first-order valence-electron chi connectivity index (χ1n) is 5.62. The quantitative estimate of drug-likeness (QED) is 0.630. The molecule has 3 N–H and O–H groups in total. The van der Waals surface area contributed by atoms with Gasteiger partial charge in [0.2, 0.25) is 0 Å². The number of aromatic carboxylic acids is 1. The zero-order valence-corrected chi connectivity index (χ0v) is 9.57. The van der Waals surface area contributed by atoms with Gasteiger partial charge in [0.1, 0.15) is 12.3 Å². The van der Waals surface area contributed by atoms with Gasteiger partial charge in [0.25, 0.3) is 0 Å². The van der Waals surface area contributed by atoms with Crippen LogP contribution in [0.15, 0.2) is 24.3 Å². The Labute approximate surface area is 104 Å². The fraction of sp³-hybridized carbons (Fsp3) is 0.417. The summed E-state index contributed by atoms with van der Waals surface area (Å²) in [5.41, 5.74) is 0.775. The second-order valence-electron chi connectivity index (χ2n) is 4.16. The van der Waals surface area contributed by atoms with Gasteiger partial charge in [-0.25, -0.2) is 0 Å². The van der Waals surface area contributed by atoms with E-state index in [1.807, 2.05) is 0 Å². The molecule has 6 heteroatoms. The molecular formula is C12H14NO5-. The summed E-state index contributed by atoms with van der Waals surface area (Å²) in [6.45, 7) is -0.233. The zero-order valence-electron chi connectivity index (χ0n) is 9.57. The molecule has 0 amide bonds. The summed E-state index contributed by atoms with van der Waals surface area (Å²) in [4.78, 5) is 10.6. The lowest BCUT2D eigenvalue weighted by molar-refractivity contribution is -0.255. The number of nitrogens with one attached hydrogen (secondary N) is 1. The molecule has 1 aliphatic rings. The number of carboxylic acid groups (broad SMARTS) is 1. The SMILES string of the molecule is O=C([O-])c1ccc(N[C@H]2C[C@@H](O)[C@H](CO)O2)cc1. The molecule has 1 aromatic rings. The molecule has 1 saturated heterocycles. The molecule has 0 spiro atoms. The van der Waals surface area contributed by atoms with Crippen molar-refractivity contribution in [3.63, 3.8) is 0 Å². The molecule has 0 unspecified atom stereocenters. The monoisotopic (exact) mass is 252 g/mol. The minimum absolute atomic E-state index is 0.0983. The molecule has 0 radical (unpaired) electrons. The Hall–Kier alpha value is -1.63. The van der Waals surface area contributed by atoms with Crippen LogP contribution >= 0.6 is 0 Å². The van der Waals surface area contributed by atoms with Crippen LogP contribution in [0.4, 0.5) is 5.69 Å². The minimum atomic E-state index is -1.23. The van der Waals surface area contributed by atoms with Crippen LogP contribution in [0.5, 0.6) is 0 Å². The molecule has 1 heterocycles. The van der Waals surface area contributed by atoms with Crippen molar-refractivity contribution in [1.29, 1.82) is 0 Å². The number of hydrogen-bond acceptors (Lipinski definition) is 6. The highest BCUT2D eigenvalue weighted by molar-refractivity contribution is 5.86. The van der Waals surface area contributed by atoms with E-state index in [1.54, 1.807) is 12.1 Å². The number of rotatable bonds is 4. The predicted molar refractivity (Wildman–Crippen MR) is 60.8 cm³/mol. The molecule has 98 valence electrons. The largest absolute Gasteiger partial charge is 0.545 e. The first kappa shape index (κ1) is 12.8. The predicted octanol–water partition coefficient (Wildman–Crippen LogP) is -1.07. The zero-order chi connectivity index (χ0) is 13.1. The number of hydrogen-bond donors (Lipinski definition) is 3. The molecule has 0 aliphatic carbocycles. The first-order valence-corrected chi connectivity index (χ1v) is 5.62. The van der Waals surface area contributed by atoms with Gasteiger partial charge in [-0.3, -0.25) is 0 Å².